The summed E-state index contributed by atoms with van der Waals surface area (Å²) in [6.45, 7) is 1.84. The van der Waals surface area contributed by atoms with Crippen LogP contribution >= 0.6 is 0 Å². The summed E-state index contributed by atoms with van der Waals surface area (Å²) < 4.78 is 48.4. The fourth-order valence-corrected chi connectivity index (χ4v) is 4.01. The molecule has 10 nitrogen and oxygen atoms in total. The molecule has 11 heteroatoms. The van der Waals surface area contributed by atoms with Crippen molar-refractivity contribution in [1.29, 1.82) is 0 Å². The molecule has 3 aromatic rings. The molecule has 0 atom stereocenters. The van der Waals surface area contributed by atoms with Gasteiger partial charge in [0.2, 0.25) is 0 Å². The molecule has 0 fully saturated rings. The summed E-state index contributed by atoms with van der Waals surface area (Å²) in [5.74, 6) is -0.920. The molecule has 0 aliphatic rings. The second kappa shape index (κ2) is 9.52. The first-order valence-corrected chi connectivity index (χ1v) is 10.8. The SMILES string of the molecule is CCOC(=O)c1cc(-c2ccc(OC)c(S(=O)(=O)Nc3ccc(C(=O)OC)cc3)c2)on1. The fourth-order valence-electron chi connectivity index (χ4n) is 2.75. The number of methoxy groups -OCH3 is 2. The average Bonchev–Trinajstić information content (AvgIpc) is 3.29. The van der Waals surface area contributed by atoms with E-state index in [0.29, 0.717) is 5.56 Å². The van der Waals surface area contributed by atoms with Crippen molar-refractivity contribution in [3.8, 4) is 17.1 Å². The maximum Gasteiger partial charge on any atom is 0.360 e. The molecule has 32 heavy (non-hydrogen) atoms. The number of hydrogen-bond donors (Lipinski definition) is 1. The summed E-state index contributed by atoms with van der Waals surface area (Å²) >= 11 is 0. The number of anilines is 1. The first-order valence-electron chi connectivity index (χ1n) is 9.32. The molecule has 1 N–H and O–H groups in total. The standard InChI is InChI=1S/C21H20N2O8S/c1-4-30-21(25)16-12-18(31-22-16)14-7-10-17(28-2)19(11-14)32(26,27)23-15-8-5-13(6-9-15)20(24)29-3/h5-12,23H,4H2,1-3H3. The number of carbonyl (C=O) groups is 2. The number of nitrogens with zero attached hydrogens (tertiary/aromatic N) is 1. The van der Waals surface area contributed by atoms with Crippen LogP contribution in [-0.2, 0) is 19.5 Å². The number of aromatic nitrogens is 1. The van der Waals surface area contributed by atoms with Gasteiger partial charge in [-0.3, -0.25) is 4.72 Å². The van der Waals surface area contributed by atoms with Crippen molar-refractivity contribution in [3.63, 3.8) is 0 Å². The van der Waals surface area contributed by atoms with Crippen molar-refractivity contribution in [2.24, 2.45) is 0 Å². The van der Waals surface area contributed by atoms with Gasteiger partial charge in [-0.15, -0.1) is 0 Å². The molecule has 2 aromatic carbocycles. The zero-order valence-electron chi connectivity index (χ0n) is 17.4. The minimum atomic E-state index is -4.09. The number of nitrogens with one attached hydrogen (secondary N) is 1. The maximum absolute atomic E-state index is 13.0. The van der Waals surface area contributed by atoms with Crippen molar-refractivity contribution < 1.29 is 36.7 Å². The van der Waals surface area contributed by atoms with Gasteiger partial charge >= 0.3 is 11.9 Å². The molecule has 0 unspecified atom stereocenters. The Morgan fingerprint density at radius 2 is 1.75 bits per heavy atom. The summed E-state index contributed by atoms with van der Waals surface area (Å²) in [5, 5.41) is 3.66. The molecule has 3 rings (SSSR count). The lowest BCUT2D eigenvalue weighted by molar-refractivity contribution is 0.0513. The van der Waals surface area contributed by atoms with Gasteiger partial charge in [0.05, 0.1) is 26.4 Å². The molecule has 1 heterocycles. The van der Waals surface area contributed by atoms with Gasteiger partial charge in [-0.25, -0.2) is 18.0 Å². The van der Waals surface area contributed by atoms with Crippen molar-refractivity contribution in [3.05, 3.63) is 59.8 Å². The highest BCUT2D eigenvalue weighted by molar-refractivity contribution is 7.92. The van der Waals surface area contributed by atoms with E-state index in [1.54, 1.807) is 13.0 Å². The predicted molar refractivity (Wildman–Crippen MR) is 113 cm³/mol. The molecule has 0 radical (unpaired) electrons. The smallest absolute Gasteiger partial charge is 0.360 e. The highest BCUT2D eigenvalue weighted by Gasteiger charge is 2.23. The molecule has 0 aliphatic carbocycles. The Morgan fingerprint density at radius 1 is 1.03 bits per heavy atom. The van der Waals surface area contributed by atoms with Crippen LogP contribution in [0.2, 0.25) is 0 Å². The van der Waals surface area contributed by atoms with E-state index in [2.05, 4.69) is 14.6 Å². The van der Waals surface area contributed by atoms with Crippen LogP contribution in [0.3, 0.4) is 0 Å². The monoisotopic (exact) mass is 460 g/mol. The number of hydrogen-bond acceptors (Lipinski definition) is 9. The molecule has 0 spiro atoms. The zero-order chi connectivity index (χ0) is 23.3. The predicted octanol–water partition coefficient (Wildman–Crippen LogP) is 3.11. The Labute approximate surface area is 184 Å². The Balaban J connectivity index is 1.92. The molecule has 0 bridgehead atoms. The van der Waals surface area contributed by atoms with E-state index in [0.717, 1.165) is 0 Å². The quantitative estimate of drug-likeness (QED) is 0.503. The van der Waals surface area contributed by atoms with Gasteiger partial charge in [-0.05, 0) is 49.4 Å². The molecular formula is C21H20N2O8S. The number of ether oxygens (including phenoxy) is 3. The highest BCUT2D eigenvalue weighted by Crippen LogP contribution is 2.31. The van der Waals surface area contributed by atoms with Gasteiger partial charge < -0.3 is 18.7 Å². The molecule has 0 amide bonds. The van der Waals surface area contributed by atoms with Gasteiger partial charge in [0.15, 0.2) is 11.5 Å². The molecule has 0 saturated heterocycles. The molecular weight excluding hydrogens is 440 g/mol. The third-order valence-corrected chi connectivity index (χ3v) is 5.69. The van der Waals surface area contributed by atoms with E-state index in [9.17, 15) is 18.0 Å². The third-order valence-electron chi connectivity index (χ3n) is 4.29. The number of carbonyl (C=O) groups excluding carboxylic acids is 2. The minimum absolute atomic E-state index is 0.0362. The van der Waals surface area contributed by atoms with Gasteiger partial charge in [-0.2, -0.15) is 0 Å². The summed E-state index contributed by atoms with van der Waals surface area (Å²) in [7, 11) is -1.50. The second-order valence-corrected chi connectivity index (χ2v) is 7.99. The van der Waals surface area contributed by atoms with Crippen molar-refractivity contribution in [1.82, 2.24) is 5.16 Å². The van der Waals surface area contributed by atoms with Crippen LogP contribution in [0.15, 0.2) is 57.9 Å². The fraction of sp³-hybridized carbons (Fsp3) is 0.190. The Kier molecular flexibility index (Phi) is 6.79. The van der Waals surface area contributed by atoms with Crippen LogP contribution < -0.4 is 9.46 Å². The zero-order valence-corrected chi connectivity index (χ0v) is 18.3. The number of benzene rings is 2. The Hall–Kier alpha value is -3.86. The van der Waals surface area contributed by atoms with Crippen molar-refractivity contribution in [2.75, 3.05) is 25.5 Å². The van der Waals surface area contributed by atoms with E-state index in [1.165, 1.54) is 56.7 Å². The summed E-state index contributed by atoms with van der Waals surface area (Å²) in [5.41, 5.74) is 0.827. The van der Waals surface area contributed by atoms with E-state index in [4.69, 9.17) is 14.0 Å². The van der Waals surface area contributed by atoms with E-state index in [-0.39, 0.29) is 40.0 Å². The van der Waals surface area contributed by atoms with Crippen LogP contribution in [0, 0.1) is 0 Å². The second-order valence-electron chi connectivity index (χ2n) is 6.34. The van der Waals surface area contributed by atoms with E-state index < -0.39 is 22.0 Å². The van der Waals surface area contributed by atoms with Gasteiger partial charge in [0.1, 0.15) is 10.6 Å². The summed E-state index contributed by atoms with van der Waals surface area (Å²) in [6, 6.07) is 11.4. The summed E-state index contributed by atoms with van der Waals surface area (Å²) in [6.07, 6.45) is 0. The first kappa shape index (κ1) is 22.8. The van der Waals surface area contributed by atoms with Crippen molar-refractivity contribution in [2.45, 2.75) is 11.8 Å². The highest BCUT2D eigenvalue weighted by atomic mass is 32.2. The minimum Gasteiger partial charge on any atom is -0.495 e. The topological polar surface area (TPSA) is 134 Å². The normalized spacial score (nSPS) is 11.0. The number of rotatable bonds is 8. The van der Waals surface area contributed by atoms with E-state index in [1.807, 2.05) is 0 Å². The lowest BCUT2D eigenvalue weighted by Crippen LogP contribution is -2.14. The van der Waals surface area contributed by atoms with Crippen LogP contribution in [0.5, 0.6) is 5.75 Å². The van der Waals surface area contributed by atoms with Gasteiger partial charge in [0.25, 0.3) is 10.0 Å². The lowest BCUT2D eigenvalue weighted by atomic mass is 10.1. The Bertz CT molecular complexity index is 1230. The van der Waals surface area contributed by atoms with E-state index >= 15 is 0 Å². The molecule has 1 aromatic heterocycles. The summed E-state index contributed by atoms with van der Waals surface area (Å²) in [4.78, 5) is 23.2. The lowest BCUT2D eigenvalue weighted by Gasteiger charge is -2.13. The van der Waals surface area contributed by atoms with Gasteiger partial charge in [0, 0.05) is 17.3 Å². The largest absolute Gasteiger partial charge is 0.495 e. The van der Waals surface area contributed by atoms with Crippen molar-refractivity contribution >= 4 is 27.6 Å². The Morgan fingerprint density at radius 3 is 2.38 bits per heavy atom. The number of esters is 2. The van der Waals surface area contributed by atoms with Crippen LogP contribution in [0.4, 0.5) is 5.69 Å². The van der Waals surface area contributed by atoms with Crippen LogP contribution in [-0.4, -0.2) is 46.3 Å². The maximum atomic E-state index is 13.0. The van der Waals surface area contributed by atoms with Gasteiger partial charge in [-0.1, -0.05) is 5.16 Å². The average molecular weight is 460 g/mol. The molecule has 0 saturated carbocycles. The molecule has 168 valence electrons. The van der Waals surface area contributed by atoms with Crippen LogP contribution in [0.1, 0.15) is 27.8 Å². The van der Waals surface area contributed by atoms with Crippen LogP contribution in [0.25, 0.3) is 11.3 Å². The number of sulfonamides is 1. The first-order chi connectivity index (χ1) is 15.3. The third kappa shape index (κ3) is 4.89. The molecule has 0 aliphatic heterocycles.